The molecule has 0 spiro atoms. The lowest BCUT2D eigenvalue weighted by Gasteiger charge is -2.23. The van der Waals surface area contributed by atoms with Crippen LogP contribution in [-0.4, -0.2) is 34.0 Å². The van der Waals surface area contributed by atoms with Crippen LogP contribution in [0.2, 0.25) is 0 Å². The molecule has 1 aliphatic rings. The number of hydrogen-bond acceptors (Lipinski definition) is 4. The molecule has 1 atom stereocenters. The van der Waals surface area contributed by atoms with Gasteiger partial charge in [0.25, 0.3) is 0 Å². The zero-order valence-corrected chi connectivity index (χ0v) is 13.9. The van der Waals surface area contributed by atoms with Crippen LogP contribution in [0.4, 0.5) is 0 Å². The molecule has 124 valence electrons. The molecule has 2 aromatic carbocycles. The summed E-state index contributed by atoms with van der Waals surface area (Å²) in [6, 6.07) is 14.9. The fourth-order valence-electron chi connectivity index (χ4n) is 3.35. The number of aryl methyl sites for hydroxylation is 2. The summed E-state index contributed by atoms with van der Waals surface area (Å²) in [6.07, 6.45) is 2.09. The van der Waals surface area contributed by atoms with Gasteiger partial charge in [-0.15, -0.1) is 0 Å². The monoisotopic (exact) mass is 322 g/mol. The van der Waals surface area contributed by atoms with Gasteiger partial charge in [0.2, 0.25) is 0 Å². The number of fused-ring (bicyclic) bond motifs is 2. The van der Waals surface area contributed by atoms with Gasteiger partial charge in [-0.2, -0.15) is 5.10 Å². The Morgan fingerprint density at radius 2 is 2.08 bits per heavy atom. The molecule has 1 aromatic heterocycles. The predicted octanol–water partition coefficient (Wildman–Crippen LogP) is 2.72. The number of benzene rings is 2. The summed E-state index contributed by atoms with van der Waals surface area (Å²) in [5, 5.41) is 10.4. The molecule has 0 saturated heterocycles. The van der Waals surface area contributed by atoms with E-state index in [1.807, 2.05) is 29.8 Å². The van der Waals surface area contributed by atoms with Crippen molar-refractivity contribution in [3.63, 3.8) is 0 Å². The lowest BCUT2D eigenvalue weighted by molar-refractivity contribution is 0.288. The van der Waals surface area contributed by atoms with Crippen LogP contribution in [0.5, 0.6) is 5.75 Å². The van der Waals surface area contributed by atoms with Crippen LogP contribution < -0.4 is 10.1 Å². The Morgan fingerprint density at radius 1 is 1.21 bits per heavy atom. The molecule has 2 heterocycles. The average molecular weight is 322 g/mol. The summed E-state index contributed by atoms with van der Waals surface area (Å²) in [4.78, 5) is 4.45. The molecular weight excluding hydrogens is 300 g/mol. The first-order valence-corrected chi connectivity index (χ1v) is 8.54. The van der Waals surface area contributed by atoms with E-state index in [-0.39, 0.29) is 0 Å². The minimum atomic E-state index is 0.440. The summed E-state index contributed by atoms with van der Waals surface area (Å²) in [7, 11) is 0. The Morgan fingerprint density at radius 3 is 3.04 bits per heavy atom. The van der Waals surface area contributed by atoms with Crippen LogP contribution in [0, 0.1) is 6.92 Å². The van der Waals surface area contributed by atoms with E-state index in [0.29, 0.717) is 12.6 Å². The normalized spacial score (nSPS) is 17.0. The Balaban J connectivity index is 1.30. The fourth-order valence-corrected chi connectivity index (χ4v) is 3.35. The highest BCUT2D eigenvalue weighted by Gasteiger charge is 2.20. The van der Waals surface area contributed by atoms with Crippen molar-refractivity contribution in [2.24, 2.45) is 0 Å². The average Bonchev–Trinajstić information content (AvgIpc) is 2.98. The van der Waals surface area contributed by atoms with E-state index in [0.717, 1.165) is 43.3 Å². The first kappa shape index (κ1) is 15.1. The van der Waals surface area contributed by atoms with E-state index in [1.54, 1.807) is 0 Å². The molecule has 0 aliphatic carbocycles. The third kappa shape index (κ3) is 3.12. The summed E-state index contributed by atoms with van der Waals surface area (Å²) >= 11 is 0. The molecule has 3 aromatic rings. The Bertz CT molecular complexity index is 837. The van der Waals surface area contributed by atoms with Crippen molar-refractivity contribution in [1.29, 1.82) is 0 Å². The van der Waals surface area contributed by atoms with Gasteiger partial charge in [-0.25, -0.2) is 9.67 Å². The SMILES string of the molecule is Cc1nc2n(n1)C[C@H](NCCOc1cccc3ccccc13)CC2. The molecule has 4 rings (SSSR count). The van der Waals surface area contributed by atoms with Crippen molar-refractivity contribution in [2.45, 2.75) is 32.4 Å². The summed E-state index contributed by atoms with van der Waals surface area (Å²) in [5.41, 5.74) is 0. The predicted molar refractivity (Wildman–Crippen MR) is 94.3 cm³/mol. The van der Waals surface area contributed by atoms with E-state index in [4.69, 9.17) is 4.74 Å². The van der Waals surface area contributed by atoms with Crippen molar-refractivity contribution >= 4 is 10.8 Å². The number of ether oxygens (including phenoxy) is 1. The zero-order chi connectivity index (χ0) is 16.4. The van der Waals surface area contributed by atoms with Gasteiger partial charge < -0.3 is 10.1 Å². The molecule has 0 unspecified atom stereocenters. The maximum Gasteiger partial charge on any atom is 0.147 e. The van der Waals surface area contributed by atoms with Gasteiger partial charge in [-0.1, -0.05) is 36.4 Å². The third-order valence-corrected chi connectivity index (χ3v) is 4.51. The molecule has 0 saturated carbocycles. The van der Waals surface area contributed by atoms with Crippen molar-refractivity contribution in [2.75, 3.05) is 13.2 Å². The van der Waals surface area contributed by atoms with Gasteiger partial charge in [0, 0.05) is 24.4 Å². The van der Waals surface area contributed by atoms with Gasteiger partial charge in [0.1, 0.15) is 24.0 Å². The fraction of sp³-hybridized carbons (Fsp3) is 0.368. The molecule has 1 aliphatic heterocycles. The molecular formula is C19H22N4O. The van der Waals surface area contributed by atoms with E-state index in [9.17, 15) is 0 Å². The van der Waals surface area contributed by atoms with Crippen molar-refractivity contribution in [3.8, 4) is 5.75 Å². The topological polar surface area (TPSA) is 52.0 Å². The molecule has 5 heteroatoms. The first-order valence-electron chi connectivity index (χ1n) is 8.54. The second-order valence-electron chi connectivity index (χ2n) is 6.27. The third-order valence-electron chi connectivity index (χ3n) is 4.51. The van der Waals surface area contributed by atoms with Gasteiger partial charge in [-0.05, 0) is 24.8 Å². The van der Waals surface area contributed by atoms with Gasteiger partial charge in [0.05, 0.1) is 6.54 Å². The van der Waals surface area contributed by atoms with E-state index in [1.165, 1.54) is 10.8 Å². The van der Waals surface area contributed by atoms with E-state index < -0.39 is 0 Å². The quantitative estimate of drug-likeness (QED) is 0.734. The van der Waals surface area contributed by atoms with E-state index in [2.05, 4.69) is 39.7 Å². The van der Waals surface area contributed by atoms with Crippen LogP contribution in [0.25, 0.3) is 10.8 Å². The molecule has 24 heavy (non-hydrogen) atoms. The highest BCUT2D eigenvalue weighted by molar-refractivity contribution is 5.88. The second kappa shape index (κ2) is 6.61. The molecule has 0 fully saturated rings. The van der Waals surface area contributed by atoms with Gasteiger partial charge in [0.15, 0.2) is 0 Å². The Kier molecular flexibility index (Phi) is 4.17. The zero-order valence-electron chi connectivity index (χ0n) is 13.9. The lowest BCUT2D eigenvalue weighted by Crippen LogP contribution is -2.39. The number of nitrogens with one attached hydrogen (secondary N) is 1. The number of nitrogens with zero attached hydrogens (tertiary/aromatic N) is 3. The largest absolute Gasteiger partial charge is 0.492 e. The number of rotatable bonds is 5. The summed E-state index contributed by atoms with van der Waals surface area (Å²) in [6.45, 7) is 4.33. The van der Waals surface area contributed by atoms with Crippen LogP contribution in [0.3, 0.4) is 0 Å². The van der Waals surface area contributed by atoms with E-state index >= 15 is 0 Å². The Hall–Kier alpha value is -2.40. The van der Waals surface area contributed by atoms with Crippen LogP contribution in [0.1, 0.15) is 18.1 Å². The van der Waals surface area contributed by atoms with Crippen molar-refractivity contribution in [1.82, 2.24) is 20.1 Å². The Labute approximate surface area is 141 Å². The van der Waals surface area contributed by atoms with Crippen LogP contribution in [-0.2, 0) is 13.0 Å². The minimum absolute atomic E-state index is 0.440. The minimum Gasteiger partial charge on any atom is -0.492 e. The van der Waals surface area contributed by atoms with Crippen LogP contribution in [0.15, 0.2) is 42.5 Å². The molecule has 5 nitrogen and oxygen atoms in total. The molecule has 0 radical (unpaired) electrons. The highest BCUT2D eigenvalue weighted by Crippen LogP contribution is 2.24. The van der Waals surface area contributed by atoms with Gasteiger partial charge >= 0.3 is 0 Å². The molecule has 0 bridgehead atoms. The standard InChI is InChI=1S/C19H22N4O/c1-14-21-19-10-9-16(13-23(19)22-14)20-11-12-24-18-8-4-6-15-5-2-3-7-17(15)18/h2-8,16,20H,9-13H2,1H3/t16-/m1/s1. The first-order chi connectivity index (χ1) is 11.8. The molecule has 0 amide bonds. The maximum atomic E-state index is 5.99. The number of hydrogen-bond donors (Lipinski definition) is 1. The van der Waals surface area contributed by atoms with Crippen LogP contribution >= 0.6 is 0 Å². The second-order valence-corrected chi connectivity index (χ2v) is 6.27. The maximum absolute atomic E-state index is 5.99. The van der Waals surface area contributed by atoms with Crippen molar-refractivity contribution < 1.29 is 4.74 Å². The number of aromatic nitrogens is 3. The summed E-state index contributed by atoms with van der Waals surface area (Å²) < 4.78 is 8.02. The summed E-state index contributed by atoms with van der Waals surface area (Å²) in [5.74, 6) is 2.93. The highest BCUT2D eigenvalue weighted by atomic mass is 16.5. The van der Waals surface area contributed by atoms with Crippen molar-refractivity contribution in [3.05, 3.63) is 54.1 Å². The smallest absolute Gasteiger partial charge is 0.147 e. The van der Waals surface area contributed by atoms with Gasteiger partial charge in [-0.3, -0.25) is 0 Å². The lowest BCUT2D eigenvalue weighted by atomic mass is 10.1. The molecule has 1 N–H and O–H groups in total.